The van der Waals surface area contributed by atoms with Crippen molar-refractivity contribution in [1.82, 2.24) is 4.98 Å². The minimum Gasteiger partial charge on any atom is -0.321 e. The first-order valence-corrected chi connectivity index (χ1v) is 6.90. The number of pyridine rings is 1. The van der Waals surface area contributed by atoms with Crippen molar-refractivity contribution in [2.24, 2.45) is 0 Å². The van der Waals surface area contributed by atoms with E-state index in [1.807, 2.05) is 6.92 Å². The van der Waals surface area contributed by atoms with Gasteiger partial charge in [0, 0.05) is 15.1 Å². The summed E-state index contributed by atoms with van der Waals surface area (Å²) in [7, 11) is 0. The summed E-state index contributed by atoms with van der Waals surface area (Å²) in [4.78, 5) is 16.0. The predicted octanol–water partition coefficient (Wildman–Crippen LogP) is 4.71. The average Bonchev–Trinajstić information content (AvgIpc) is 2.32. The monoisotopic (exact) mass is 358 g/mol. The van der Waals surface area contributed by atoms with Crippen LogP contribution in [0.15, 0.2) is 34.9 Å². The lowest BCUT2D eigenvalue weighted by atomic mass is 10.2. The highest BCUT2D eigenvalue weighted by Crippen LogP contribution is 2.21. The van der Waals surface area contributed by atoms with E-state index in [9.17, 15) is 4.79 Å². The van der Waals surface area contributed by atoms with Gasteiger partial charge in [0.05, 0.1) is 11.9 Å². The molecule has 2 rings (SSSR count). The van der Waals surface area contributed by atoms with Gasteiger partial charge in [-0.1, -0.05) is 39.1 Å². The summed E-state index contributed by atoms with van der Waals surface area (Å²) in [6, 6.07) is 6.76. The lowest BCUT2D eigenvalue weighted by Gasteiger charge is -2.07. The van der Waals surface area contributed by atoms with Crippen LogP contribution >= 0.6 is 39.1 Å². The zero-order chi connectivity index (χ0) is 14.0. The molecule has 0 aliphatic heterocycles. The summed E-state index contributed by atoms with van der Waals surface area (Å²) in [6.07, 6.45) is 1.51. The molecule has 0 unspecified atom stereocenters. The summed E-state index contributed by atoms with van der Waals surface area (Å²) in [5.41, 5.74) is 1.85. The van der Waals surface area contributed by atoms with Crippen LogP contribution in [0.25, 0.3) is 0 Å². The number of anilines is 1. The van der Waals surface area contributed by atoms with Gasteiger partial charge in [0.1, 0.15) is 5.15 Å². The van der Waals surface area contributed by atoms with Crippen molar-refractivity contribution in [3.63, 3.8) is 0 Å². The molecule has 6 heteroatoms. The van der Waals surface area contributed by atoms with Crippen molar-refractivity contribution in [3.05, 3.63) is 56.2 Å². The van der Waals surface area contributed by atoms with Crippen LogP contribution in [0.1, 0.15) is 15.9 Å². The standard InChI is InChI=1S/C13H9BrCl2N2O/c1-7-2-11(6-17-12(7)16)18-13(19)8-3-9(14)5-10(15)4-8/h2-6H,1H3,(H,18,19). The number of benzene rings is 1. The summed E-state index contributed by atoms with van der Waals surface area (Å²) >= 11 is 15.0. The first-order chi connectivity index (χ1) is 8.95. The number of nitrogens with one attached hydrogen (secondary N) is 1. The van der Waals surface area contributed by atoms with Gasteiger partial charge in [-0.05, 0) is 36.8 Å². The second-order valence-corrected chi connectivity index (χ2v) is 5.65. The van der Waals surface area contributed by atoms with Crippen LogP contribution in [0.5, 0.6) is 0 Å². The quantitative estimate of drug-likeness (QED) is 0.789. The van der Waals surface area contributed by atoms with Crippen molar-refractivity contribution in [1.29, 1.82) is 0 Å². The maximum Gasteiger partial charge on any atom is 0.255 e. The molecular formula is C13H9BrCl2N2O. The van der Waals surface area contributed by atoms with Gasteiger partial charge in [-0.15, -0.1) is 0 Å². The van der Waals surface area contributed by atoms with Crippen molar-refractivity contribution in [2.45, 2.75) is 6.92 Å². The van der Waals surface area contributed by atoms with Gasteiger partial charge >= 0.3 is 0 Å². The minimum absolute atomic E-state index is 0.258. The highest BCUT2D eigenvalue weighted by atomic mass is 79.9. The first kappa shape index (κ1) is 14.3. The number of nitrogens with zero attached hydrogens (tertiary/aromatic N) is 1. The number of aryl methyl sites for hydroxylation is 1. The average molecular weight is 360 g/mol. The predicted molar refractivity (Wildman–Crippen MR) is 81.1 cm³/mol. The molecule has 1 aromatic heterocycles. The maximum absolute atomic E-state index is 12.1. The van der Waals surface area contributed by atoms with E-state index < -0.39 is 0 Å². The Morgan fingerprint density at radius 2 is 2.00 bits per heavy atom. The van der Waals surface area contributed by atoms with E-state index in [-0.39, 0.29) is 5.91 Å². The zero-order valence-electron chi connectivity index (χ0n) is 9.88. The van der Waals surface area contributed by atoms with Gasteiger partial charge in [0.15, 0.2) is 0 Å². The first-order valence-electron chi connectivity index (χ1n) is 5.35. The fourth-order valence-corrected chi connectivity index (χ4v) is 2.48. The lowest BCUT2D eigenvalue weighted by Crippen LogP contribution is -2.12. The Morgan fingerprint density at radius 1 is 1.26 bits per heavy atom. The molecule has 0 bridgehead atoms. The number of hydrogen-bond acceptors (Lipinski definition) is 2. The maximum atomic E-state index is 12.1. The third-order valence-electron chi connectivity index (χ3n) is 2.40. The highest BCUT2D eigenvalue weighted by Gasteiger charge is 2.09. The van der Waals surface area contributed by atoms with Gasteiger partial charge in [0.2, 0.25) is 0 Å². The Morgan fingerprint density at radius 3 is 2.63 bits per heavy atom. The molecular weight excluding hydrogens is 351 g/mol. The van der Waals surface area contributed by atoms with Crippen molar-refractivity contribution >= 4 is 50.7 Å². The fourth-order valence-electron chi connectivity index (χ4n) is 1.51. The molecule has 0 radical (unpaired) electrons. The van der Waals surface area contributed by atoms with E-state index in [2.05, 4.69) is 26.2 Å². The van der Waals surface area contributed by atoms with E-state index in [1.165, 1.54) is 6.20 Å². The van der Waals surface area contributed by atoms with Gasteiger partial charge in [-0.2, -0.15) is 0 Å². The number of hydrogen-bond donors (Lipinski definition) is 1. The van der Waals surface area contributed by atoms with Crippen LogP contribution in [-0.2, 0) is 0 Å². The van der Waals surface area contributed by atoms with E-state index in [0.29, 0.717) is 21.4 Å². The summed E-state index contributed by atoms with van der Waals surface area (Å²) in [5.74, 6) is -0.258. The Bertz CT molecular complexity index is 626. The minimum atomic E-state index is -0.258. The Balaban J connectivity index is 2.22. The van der Waals surface area contributed by atoms with Crippen LogP contribution < -0.4 is 5.32 Å². The van der Waals surface area contributed by atoms with Crippen molar-refractivity contribution in [2.75, 3.05) is 5.32 Å². The molecule has 0 aliphatic carbocycles. The smallest absolute Gasteiger partial charge is 0.255 e. The molecule has 1 heterocycles. The molecule has 0 spiro atoms. The molecule has 19 heavy (non-hydrogen) atoms. The van der Waals surface area contributed by atoms with E-state index in [4.69, 9.17) is 23.2 Å². The number of carbonyl (C=O) groups excluding carboxylic acids is 1. The highest BCUT2D eigenvalue weighted by molar-refractivity contribution is 9.10. The lowest BCUT2D eigenvalue weighted by molar-refractivity contribution is 0.102. The number of amides is 1. The van der Waals surface area contributed by atoms with Crippen molar-refractivity contribution in [3.8, 4) is 0 Å². The van der Waals surface area contributed by atoms with Gasteiger partial charge in [-0.25, -0.2) is 4.98 Å². The van der Waals surface area contributed by atoms with Gasteiger partial charge < -0.3 is 5.32 Å². The molecule has 2 aromatic rings. The fraction of sp³-hybridized carbons (Fsp3) is 0.0769. The van der Waals surface area contributed by atoms with E-state index >= 15 is 0 Å². The van der Waals surface area contributed by atoms with Crippen LogP contribution in [0.3, 0.4) is 0 Å². The molecule has 0 saturated heterocycles. The van der Waals surface area contributed by atoms with Crippen molar-refractivity contribution < 1.29 is 4.79 Å². The normalized spacial score (nSPS) is 10.3. The molecule has 3 nitrogen and oxygen atoms in total. The molecule has 0 atom stereocenters. The number of halogens is 3. The number of carbonyl (C=O) groups is 1. The van der Waals surface area contributed by atoms with Crippen LogP contribution in [0, 0.1) is 6.92 Å². The second kappa shape index (κ2) is 5.90. The number of rotatable bonds is 2. The molecule has 0 aliphatic rings. The third kappa shape index (κ3) is 3.69. The zero-order valence-corrected chi connectivity index (χ0v) is 13.0. The van der Waals surface area contributed by atoms with E-state index in [0.717, 1.165) is 10.0 Å². The molecule has 0 saturated carbocycles. The third-order valence-corrected chi connectivity index (χ3v) is 3.47. The van der Waals surface area contributed by atoms with Gasteiger partial charge in [-0.3, -0.25) is 4.79 Å². The molecule has 1 aromatic carbocycles. The second-order valence-electron chi connectivity index (χ2n) is 3.94. The number of aromatic nitrogens is 1. The van der Waals surface area contributed by atoms with Gasteiger partial charge in [0.25, 0.3) is 5.91 Å². The van der Waals surface area contributed by atoms with Crippen LogP contribution in [0.4, 0.5) is 5.69 Å². The van der Waals surface area contributed by atoms with E-state index in [1.54, 1.807) is 24.3 Å². The summed E-state index contributed by atoms with van der Waals surface area (Å²) in [5, 5.41) is 3.65. The molecule has 1 N–H and O–H groups in total. The largest absolute Gasteiger partial charge is 0.321 e. The SMILES string of the molecule is Cc1cc(NC(=O)c2cc(Cl)cc(Br)c2)cnc1Cl. The Labute approximate surface area is 129 Å². The molecule has 98 valence electrons. The topological polar surface area (TPSA) is 42.0 Å². The Kier molecular flexibility index (Phi) is 4.45. The molecule has 1 amide bonds. The van der Waals surface area contributed by atoms with Crippen LogP contribution in [0.2, 0.25) is 10.2 Å². The molecule has 0 fully saturated rings. The van der Waals surface area contributed by atoms with Crippen LogP contribution in [-0.4, -0.2) is 10.9 Å². The Hall–Kier alpha value is -1.10. The summed E-state index contributed by atoms with van der Waals surface area (Å²) in [6.45, 7) is 1.82. The summed E-state index contributed by atoms with van der Waals surface area (Å²) < 4.78 is 0.746.